The number of anilines is 1. The van der Waals surface area contributed by atoms with Gasteiger partial charge < -0.3 is 10.2 Å². The van der Waals surface area contributed by atoms with Gasteiger partial charge in [0.15, 0.2) is 0 Å². The van der Waals surface area contributed by atoms with E-state index >= 15 is 0 Å². The average molecular weight is 564 g/mol. The zero-order valence-electron chi connectivity index (χ0n) is 24.3. The second-order valence-electron chi connectivity index (χ2n) is 10.5. The lowest BCUT2D eigenvalue weighted by Crippen LogP contribution is -2.54. The molecule has 40 heavy (non-hydrogen) atoms. The molecule has 0 fully saturated rings. The molecule has 2 amide bonds. The van der Waals surface area contributed by atoms with Crippen molar-refractivity contribution in [2.45, 2.75) is 71.4 Å². The van der Waals surface area contributed by atoms with E-state index in [0.29, 0.717) is 18.5 Å². The van der Waals surface area contributed by atoms with Gasteiger partial charge in [0.1, 0.15) is 12.6 Å². The van der Waals surface area contributed by atoms with Crippen molar-refractivity contribution in [3.8, 4) is 0 Å². The Kier molecular flexibility index (Phi) is 10.5. The molecule has 0 aliphatic carbocycles. The standard InChI is InChI=1S/C32H41N3O4S/c1-7-29(32(37)33-23(2)3)34(20-19-27-11-9-8-10-12-27)31(36)22-35(30-21-25(5)13-16-26(30)6)40(38,39)28-17-14-24(4)15-18-28/h8-18,21,23,29H,7,19-20,22H2,1-6H3,(H,33,37). The summed E-state index contributed by atoms with van der Waals surface area (Å²) < 4.78 is 29.3. The highest BCUT2D eigenvalue weighted by Gasteiger charge is 2.34. The molecule has 7 nitrogen and oxygen atoms in total. The molecular formula is C32H41N3O4S. The maximum absolute atomic E-state index is 14.1. The lowest BCUT2D eigenvalue weighted by atomic mass is 10.1. The van der Waals surface area contributed by atoms with Crippen LogP contribution in [0.3, 0.4) is 0 Å². The Morgan fingerprint density at radius 1 is 0.875 bits per heavy atom. The summed E-state index contributed by atoms with van der Waals surface area (Å²) in [5.41, 5.74) is 4.01. The first-order chi connectivity index (χ1) is 18.9. The minimum Gasteiger partial charge on any atom is -0.352 e. The third-order valence-electron chi connectivity index (χ3n) is 6.82. The molecule has 1 atom stereocenters. The van der Waals surface area contributed by atoms with Crippen LogP contribution in [0.25, 0.3) is 0 Å². The molecule has 0 aliphatic rings. The van der Waals surface area contributed by atoms with Gasteiger partial charge in [0.25, 0.3) is 10.0 Å². The van der Waals surface area contributed by atoms with Gasteiger partial charge in [-0.2, -0.15) is 0 Å². The van der Waals surface area contributed by atoms with Crippen molar-refractivity contribution in [2.24, 2.45) is 0 Å². The number of hydrogen-bond acceptors (Lipinski definition) is 4. The van der Waals surface area contributed by atoms with Crippen molar-refractivity contribution in [1.82, 2.24) is 10.2 Å². The van der Waals surface area contributed by atoms with Crippen LogP contribution in [0.1, 0.15) is 49.4 Å². The van der Waals surface area contributed by atoms with Gasteiger partial charge in [-0.05, 0) is 82.3 Å². The van der Waals surface area contributed by atoms with E-state index in [1.807, 2.05) is 84.0 Å². The van der Waals surface area contributed by atoms with Crippen molar-refractivity contribution >= 4 is 27.5 Å². The fourth-order valence-corrected chi connectivity index (χ4v) is 6.09. The number of hydrogen-bond donors (Lipinski definition) is 1. The van der Waals surface area contributed by atoms with Crippen LogP contribution in [0.15, 0.2) is 77.7 Å². The number of amides is 2. The van der Waals surface area contributed by atoms with E-state index in [-0.39, 0.29) is 23.4 Å². The van der Waals surface area contributed by atoms with Crippen LogP contribution in [-0.2, 0) is 26.0 Å². The molecule has 0 saturated heterocycles. The summed E-state index contributed by atoms with van der Waals surface area (Å²) in [6, 6.07) is 21.1. The highest BCUT2D eigenvalue weighted by molar-refractivity contribution is 7.92. The summed E-state index contributed by atoms with van der Waals surface area (Å²) in [6.07, 6.45) is 0.930. The number of nitrogens with zero attached hydrogens (tertiary/aromatic N) is 2. The number of aryl methyl sites for hydroxylation is 3. The molecule has 0 radical (unpaired) electrons. The maximum Gasteiger partial charge on any atom is 0.264 e. The number of carbonyl (C=O) groups is 2. The SMILES string of the molecule is CCC(C(=O)NC(C)C)N(CCc1ccccc1)C(=O)CN(c1cc(C)ccc1C)S(=O)(=O)c1ccc(C)cc1. The predicted octanol–water partition coefficient (Wildman–Crippen LogP) is 5.18. The van der Waals surface area contributed by atoms with E-state index in [1.54, 1.807) is 30.3 Å². The zero-order valence-corrected chi connectivity index (χ0v) is 25.2. The fraction of sp³-hybridized carbons (Fsp3) is 0.375. The third kappa shape index (κ3) is 7.72. The van der Waals surface area contributed by atoms with E-state index in [0.717, 1.165) is 22.3 Å². The lowest BCUT2D eigenvalue weighted by Gasteiger charge is -2.34. The molecule has 0 spiro atoms. The zero-order chi connectivity index (χ0) is 29.4. The second-order valence-corrected chi connectivity index (χ2v) is 12.4. The largest absolute Gasteiger partial charge is 0.352 e. The van der Waals surface area contributed by atoms with Gasteiger partial charge in [-0.3, -0.25) is 13.9 Å². The third-order valence-corrected chi connectivity index (χ3v) is 8.60. The van der Waals surface area contributed by atoms with E-state index in [4.69, 9.17) is 0 Å². The molecule has 0 aliphatic heterocycles. The smallest absolute Gasteiger partial charge is 0.264 e. The van der Waals surface area contributed by atoms with Gasteiger partial charge in [0.05, 0.1) is 10.6 Å². The molecule has 1 N–H and O–H groups in total. The van der Waals surface area contributed by atoms with Crippen molar-refractivity contribution in [2.75, 3.05) is 17.4 Å². The van der Waals surface area contributed by atoms with E-state index in [2.05, 4.69) is 5.32 Å². The Hall–Kier alpha value is -3.65. The normalized spacial score (nSPS) is 12.2. The number of carbonyl (C=O) groups excluding carboxylic acids is 2. The van der Waals surface area contributed by atoms with Crippen LogP contribution in [0.4, 0.5) is 5.69 Å². The summed E-state index contributed by atoms with van der Waals surface area (Å²) >= 11 is 0. The average Bonchev–Trinajstić information content (AvgIpc) is 2.91. The fourth-order valence-electron chi connectivity index (χ4n) is 4.62. The molecular weight excluding hydrogens is 522 g/mol. The number of benzene rings is 3. The summed E-state index contributed by atoms with van der Waals surface area (Å²) in [5, 5.41) is 2.93. The van der Waals surface area contributed by atoms with E-state index < -0.39 is 28.5 Å². The van der Waals surface area contributed by atoms with Gasteiger partial charge in [-0.25, -0.2) is 8.42 Å². The van der Waals surface area contributed by atoms with Crippen LogP contribution in [0.2, 0.25) is 0 Å². The van der Waals surface area contributed by atoms with E-state index in [1.165, 1.54) is 9.21 Å². The molecule has 214 valence electrons. The maximum atomic E-state index is 14.1. The summed E-state index contributed by atoms with van der Waals surface area (Å²) in [5.74, 6) is -0.683. The van der Waals surface area contributed by atoms with Gasteiger partial charge in [-0.15, -0.1) is 0 Å². The first-order valence-corrected chi connectivity index (χ1v) is 15.2. The van der Waals surface area contributed by atoms with Gasteiger partial charge in [0, 0.05) is 12.6 Å². The van der Waals surface area contributed by atoms with Crippen LogP contribution in [0, 0.1) is 20.8 Å². The molecule has 8 heteroatoms. The highest BCUT2D eigenvalue weighted by Crippen LogP contribution is 2.28. The summed E-state index contributed by atoms with van der Waals surface area (Å²) in [6.45, 7) is 11.1. The number of nitrogens with one attached hydrogen (secondary N) is 1. The van der Waals surface area contributed by atoms with Gasteiger partial charge >= 0.3 is 0 Å². The molecule has 3 aromatic rings. The van der Waals surface area contributed by atoms with Gasteiger partial charge in [-0.1, -0.05) is 67.1 Å². The van der Waals surface area contributed by atoms with Crippen molar-refractivity contribution in [1.29, 1.82) is 0 Å². The van der Waals surface area contributed by atoms with Crippen LogP contribution in [-0.4, -0.2) is 50.3 Å². The van der Waals surface area contributed by atoms with Crippen molar-refractivity contribution < 1.29 is 18.0 Å². The monoisotopic (exact) mass is 563 g/mol. The van der Waals surface area contributed by atoms with Gasteiger partial charge in [0.2, 0.25) is 11.8 Å². The number of sulfonamides is 1. The predicted molar refractivity (Wildman–Crippen MR) is 161 cm³/mol. The minimum absolute atomic E-state index is 0.0963. The molecule has 3 aromatic carbocycles. The Morgan fingerprint density at radius 3 is 2.10 bits per heavy atom. The molecule has 0 heterocycles. The molecule has 0 saturated carbocycles. The Labute approximate surface area is 239 Å². The summed E-state index contributed by atoms with van der Waals surface area (Å²) in [7, 11) is -4.09. The molecule has 3 rings (SSSR count). The molecule has 0 bridgehead atoms. The quantitative estimate of drug-likeness (QED) is 0.329. The van der Waals surface area contributed by atoms with Crippen LogP contribution in [0.5, 0.6) is 0 Å². The van der Waals surface area contributed by atoms with Crippen molar-refractivity contribution in [3.63, 3.8) is 0 Å². The highest BCUT2D eigenvalue weighted by atomic mass is 32.2. The first kappa shape index (κ1) is 30.9. The Morgan fingerprint density at radius 2 is 1.50 bits per heavy atom. The topological polar surface area (TPSA) is 86.8 Å². The van der Waals surface area contributed by atoms with E-state index in [9.17, 15) is 18.0 Å². The first-order valence-electron chi connectivity index (χ1n) is 13.7. The van der Waals surface area contributed by atoms with Crippen LogP contribution >= 0.6 is 0 Å². The lowest BCUT2D eigenvalue weighted by molar-refractivity contribution is -0.139. The van der Waals surface area contributed by atoms with Crippen molar-refractivity contribution in [3.05, 3.63) is 95.1 Å². The second kappa shape index (κ2) is 13.6. The summed E-state index contributed by atoms with van der Waals surface area (Å²) in [4.78, 5) is 29.0. The number of rotatable bonds is 12. The molecule has 1 unspecified atom stereocenters. The Balaban J connectivity index is 2.05. The van der Waals surface area contributed by atoms with Crippen LogP contribution < -0.4 is 9.62 Å². The Bertz CT molecular complexity index is 1400. The molecule has 0 aromatic heterocycles. The minimum atomic E-state index is -4.09.